The lowest BCUT2D eigenvalue weighted by atomic mass is 9.95. The predicted octanol–water partition coefficient (Wildman–Crippen LogP) is 0.727. The number of carbonyl (C=O) groups is 1. The van der Waals surface area contributed by atoms with Crippen LogP contribution in [0.1, 0.15) is 20.3 Å². The molecule has 0 spiro atoms. The van der Waals surface area contributed by atoms with E-state index in [0.717, 1.165) is 26.1 Å². The smallest absolute Gasteiger partial charge is 0.236 e. The number of nitrogens with zero attached hydrogens (tertiary/aromatic N) is 1. The van der Waals surface area contributed by atoms with E-state index in [2.05, 4.69) is 19.2 Å². The third-order valence-corrected chi connectivity index (χ3v) is 3.28. The molecule has 4 nitrogen and oxygen atoms in total. The summed E-state index contributed by atoms with van der Waals surface area (Å²) in [7, 11) is 1.66. The molecule has 1 aliphatic heterocycles. The first kappa shape index (κ1) is 13.5. The summed E-state index contributed by atoms with van der Waals surface area (Å²) in [6.45, 7) is 8.15. The number of rotatable bonds is 6. The van der Waals surface area contributed by atoms with Gasteiger partial charge in [0, 0.05) is 26.7 Å². The van der Waals surface area contributed by atoms with Gasteiger partial charge >= 0.3 is 0 Å². The highest BCUT2D eigenvalue weighted by molar-refractivity contribution is 5.78. The fourth-order valence-electron chi connectivity index (χ4n) is 2.04. The van der Waals surface area contributed by atoms with Crippen molar-refractivity contribution in [2.45, 2.75) is 20.3 Å². The van der Waals surface area contributed by atoms with Crippen molar-refractivity contribution in [2.75, 3.05) is 39.9 Å². The molecular weight excluding hydrogens is 204 g/mol. The number of hydrogen-bond donors (Lipinski definition) is 1. The quantitative estimate of drug-likeness (QED) is 0.681. The largest absolute Gasteiger partial charge is 0.383 e. The van der Waals surface area contributed by atoms with Crippen molar-refractivity contribution in [3.05, 3.63) is 0 Å². The van der Waals surface area contributed by atoms with Gasteiger partial charge in [-0.1, -0.05) is 13.8 Å². The normalized spacial score (nSPS) is 20.8. The molecule has 1 unspecified atom stereocenters. The van der Waals surface area contributed by atoms with Gasteiger partial charge in [-0.15, -0.1) is 0 Å². The topological polar surface area (TPSA) is 41.6 Å². The van der Waals surface area contributed by atoms with Gasteiger partial charge in [0.1, 0.15) is 0 Å². The Hall–Kier alpha value is -0.610. The Kier molecular flexibility index (Phi) is 5.77. The van der Waals surface area contributed by atoms with Gasteiger partial charge in [-0.25, -0.2) is 0 Å². The monoisotopic (exact) mass is 228 g/mol. The molecule has 0 aromatic heterocycles. The van der Waals surface area contributed by atoms with E-state index in [4.69, 9.17) is 4.74 Å². The zero-order chi connectivity index (χ0) is 12.0. The molecular formula is C12H24N2O2. The van der Waals surface area contributed by atoms with Crippen LogP contribution in [0.15, 0.2) is 0 Å². The molecule has 0 radical (unpaired) electrons. The third kappa shape index (κ3) is 4.10. The van der Waals surface area contributed by atoms with E-state index < -0.39 is 0 Å². The number of carbonyl (C=O) groups excluding carboxylic acids is 1. The van der Waals surface area contributed by atoms with Crippen LogP contribution in [0.3, 0.4) is 0 Å². The van der Waals surface area contributed by atoms with E-state index in [1.165, 1.54) is 0 Å². The van der Waals surface area contributed by atoms with E-state index in [9.17, 15) is 4.79 Å². The second kappa shape index (κ2) is 6.86. The van der Waals surface area contributed by atoms with Crippen LogP contribution in [-0.2, 0) is 9.53 Å². The highest BCUT2D eigenvalue weighted by Gasteiger charge is 2.27. The van der Waals surface area contributed by atoms with Crippen molar-refractivity contribution in [1.82, 2.24) is 10.2 Å². The van der Waals surface area contributed by atoms with E-state index in [-0.39, 0.29) is 5.91 Å². The summed E-state index contributed by atoms with van der Waals surface area (Å²) < 4.78 is 4.91. The van der Waals surface area contributed by atoms with Gasteiger partial charge < -0.3 is 15.0 Å². The van der Waals surface area contributed by atoms with Crippen molar-refractivity contribution in [2.24, 2.45) is 11.8 Å². The first-order valence-corrected chi connectivity index (χ1v) is 6.12. The van der Waals surface area contributed by atoms with Crippen molar-refractivity contribution in [3.8, 4) is 0 Å². The van der Waals surface area contributed by atoms with E-state index in [1.54, 1.807) is 7.11 Å². The second-order valence-corrected chi connectivity index (χ2v) is 4.80. The minimum Gasteiger partial charge on any atom is -0.383 e. The van der Waals surface area contributed by atoms with Gasteiger partial charge in [-0.2, -0.15) is 0 Å². The van der Waals surface area contributed by atoms with Crippen molar-refractivity contribution >= 4 is 5.91 Å². The molecule has 94 valence electrons. The Balaban J connectivity index is 2.18. The second-order valence-electron chi connectivity index (χ2n) is 4.80. The van der Waals surface area contributed by atoms with Crippen LogP contribution in [0, 0.1) is 11.8 Å². The lowest BCUT2D eigenvalue weighted by Gasteiger charge is -2.18. The molecule has 1 atom stereocenters. The van der Waals surface area contributed by atoms with Crippen LogP contribution in [0.4, 0.5) is 0 Å². The molecule has 1 saturated heterocycles. The standard InChI is InChI=1S/C12H24N2O2/c1-10(2)11-4-6-14(9-11)12(15)8-13-5-7-16-3/h10-11,13H,4-9H2,1-3H3. The number of hydrogen-bond acceptors (Lipinski definition) is 3. The van der Waals surface area contributed by atoms with E-state index in [1.807, 2.05) is 4.90 Å². The van der Waals surface area contributed by atoms with Gasteiger partial charge in [-0.05, 0) is 18.3 Å². The lowest BCUT2D eigenvalue weighted by molar-refractivity contribution is -0.129. The molecule has 1 N–H and O–H groups in total. The highest BCUT2D eigenvalue weighted by atomic mass is 16.5. The average Bonchev–Trinajstić information content (AvgIpc) is 2.73. The van der Waals surface area contributed by atoms with Crippen molar-refractivity contribution in [1.29, 1.82) is 0 Å². The third-order valence-electron chi connectivity index (χ3n) is 3.28. The minimum atomic E-state index is 0.222. The van der Waals surface area contributed by atoms with Crippen LogP contribution in [0.5, 0.6) is 0 Å². The van der Waals surface area contributed by atoms with Crippen molar-refractivity contribution in [3.63, 3.8) is 0 Å². The summed E-state index contributed by atoms with van der Waals surface area (Å²) in [5, 5.41) is 3.09. The Bertz CT molecular complexity index is 219. The summed E-state index contributed by atoms with van der Waals surface area (Å²) in [6, 6.07) is 0. The molecule has 16 heavy (non-hydrogen) atoms. The lowest BCUT2D eigenvalue weighted by Crippen LogP contribution is -2.37. The molecule has 0 saturated carbocycles. The molecule has 1 rings (SSSR count). The van der Waals surface area contributed by atoms with E-state index in [0.29, 0.717) is 25.0 Å². The molecule has 1 fully saturated rings. The minimum absolute atomic E-state index is 0.222. The maximum absolute atomic E-state index is 11.8. The zero-order valence-electron chi connectivity index (χ0n) is 10.7. The average molecular weight is 228 g/mol. The number of ether oxygens (including phenoxy) is 1. The summed E-state index contributed by atoms with van der Waals surface area (Å²) >= 11 is 0. The maximum Gasteiger partial charge on any atom is 0.236 e. The molecule has 0 aliphatic carbocycles. The Morgan fingerprint density at radius 2 is 2.31 bits per heavy atom. The van der Waals surface area contributed by atoms with Crippen LogP contribution >= 0.6 is 0 Å². The molecule has 1 amide bonds. The van der Waals surface area contributed by atoms with E-state index >= 15 is 0 Å². The Morgan fingerprint density at radius 1 is 1.56 bits per heavy atom. The molecule has 0 aromatic carbocycles. The summed E-state index contributed by atoms with van der Waals surface area (Å²) in [6.07, 6.45) is 1.15. The van der Waals surface area contributed by atoms with Gasteiger partial charge in [0.25, 0.3) is 0 Å². The first-order valence-electron chi connectivity index (χ1n) is 6.12. The summed E-state index contributed by atoms with van der Waals surface area (Å²) in [5.74, 6) is 1.58. The fraction of sp³-hybridized carbons (Fsp3) is 0.917. The van der Waals surface area contributed by atoms with Crippen molar-refractivity contribution < 1.29 is 9.53 Å². The first-order chi connectivity index (χ1) is 7.65. The van der Waals surface area contributed by atoms with Gasteiger partial charge in [0.05, 0.1) is 13.2 Å². The summed E-state index contributed by atoms with van der Waals surface area (Å²) in [4.78, 5) is 13.8. The van der Waals surface area contributed by atoms with Gasteiger partial charge in [0.15, 0.2) is 0 Å². The number of methoxy groups -OCH3 is 1. The summed E-state index contributed by atoms with van der Waals surface area (Å²) in [5.41, 5.74) is 0. The maximum atomic E-state index is 11.8. The predicted molar refractivity (Wildman–Crippen MR) is 64.3 cm³/mol. The number of amides is 1. The molecule has 4 heteroatoms. The Morgan fingerprint density at radius 3 is 2.88 bits per heavy atom. The van der Waals surface area contributed by atoms with Crippen LogP contribution in [-0.4, -0.2) is 50.7 Å². The highest BCUT2D eigenvalue weighted by Crippen LogP contribution is 2.23. The molecule has 1 heterocycles. The zero-order valence-corrected chi connectivity index (χ0v) is 10.7. The Labute approximate surface area is 98.3 Å². The number of nitrogens with one attached hydrogen (secondary N) is 1. The molecule has 0 aromatic rings. The molecule has 0 bridgehead atoms. The van der Waals surface area contributed by atoms with Crippen LogP contribution in [0.2, 0.25) is 0 Å². The van der Waals surface area contributed by atoms with Gasteiger partial charge in [-0.3, -0.25) is 4.79 Å². The fourth-order valence-corrected chi connectivity index (χ4v) is 2.04. The SMILES string of the molecule is COCCNCC(=O)N1CCC(C(C)C)C1. The number of likely N-dealkylation sites (tertiary alicyclic amines) is 1. The van der Waals surface area contributed by atoms with Gasteiger partial charge in [0.2, 0.25) is 5.91 Å². The molecule has 1 aliphatic rings. The van der Waals surface area contributed by atoms with Crippen LogP contribution in [0.25, 0.3) is 0 Å². The van der Waals surface area contributed by atoms with Crippen LogP contribution < -0.4 is 5.32 Å².